The van der Waals surface area contributed by atoms with E-state index in [1.54, 1.807) is 0 Å². The molecule has 0 radical (unpaired) electrons. The monoisotopic (exact) mass is 234 g/mol. The Morgan fingerprint density at radius 2 is 2.00 bits per heavy atom. The minimum Gasteiger partial charge on any atom is -0.370 e. The molecule has 4 nitrogen and oxygen atoms in total. The number of aryl methyl sites for hydroxylation is 2. The predicted octanol–water partition coefficient (Wildman–Crippen LogP) is 1.99. The number of nitrogens with zero attached hydrogens (tertiary/aromatic N) is 3. The first-order valence-electron chi connectivity index (χ1n) is 6.52. The molecule has 1 aromatic rings. The standard InChI is InChI=1S/C13H22N4/c1-11-10-13(16-12(2)15-11)14-6-5-9-17-7-3-4-8-17/h10H,3-9H2,1-2H3,(H,14,15,16). The highest BCUT2D eigenvalue weighted by Crippen LogP contribution is 2.08. The zero-order valence-electron chi connectivity index (χ0n) is 10.9. The molecule has 0 unspecified atom stereocenters. The number of hydrogen-bond donors (Lipinski definition) is 1. The lowest BCUT2D eigenvalue weighted by atomic mass is 10.3. The molecule has 0 aliphatic carbocycles. The minimum absolute atomic E-state index is 0.840. The molecule has 17 heavy (non-hydrogen) atoms. The fourth-order valence-electron chi connectivity index (χ4n) is 2.33. The minimum atomic E-state index is 0.840. The van der Waals surface area contributed by atoms with Crippen molar-refractivity contribution in [2.24, 2.45) is 0 Å². The Morgan fingerprint density at radius 3 is 2.71 bits per heavy atom. The maximum absolute atomic E-state index is 4.37. The molecule has 0 spiro atoms. The molecular weight excluding hydrogens is 212 g/mol. The lowest BCUT2D eigenvalue weighted by Gasteiger charge is -2.14. The summed E-state index contributed by atoms with van der Waals surface area (Å²) in [4.78, 5) is 11.2. The van der Waals surface area contributed by atoms with Gasteiger partial charge in [0.05, 0.1) is 0 Å². The maximum atomic E-state index is 4.37. The molecule has 1 aliphatic heterocycles. The Labute approximate surface area is 103 Å². The van der Waals surface area contributed by atoms with Gasteiger partial charge in [-0.1, -0.05) is 0 Å². The molecule has 1 aromatic heterocycles. The van der Waals surface area contributed by atoms with Crippen molar-refractivity contribution in [2.45, 2.75) is 33.1 Å². The van der Waals surface area contributed by atoms with Crippen LogP contribution in [0.2, 0.25) is 0 Å². The van der Waals surface area contributed by atoms with Gasteiger partial charge in [-0.15, -0.1) is 0 Å². The third-order valence-corrected chi connectivity index (χ3v) is 3.12. The summed E-state index contributed by atoms with van der Waals surface area (Å²) in [7, 11) is 0. The van der Waals surface area contributed by atoms with Gasteiger partial charge >= 0.3 is 0 Å². The first kappa shape index (κ1) is 12.3. The van der Waals surface area contributed by atoms with Crippen LogP contribution < -0.4 is 5.32 Å². The number of likely N-dealkylation sites (tertiary alicyclic amines) is 1. The van der Waals surface area contributed by atoms with Gasteiger partial charge in [-0.3, -0.25) is 0 Å². The van der Waals surface area contributed by atoms with Crippen molar-refractivity contribution < 1.29 is 0 Å². The van der Waals surface area contributed by atoms with Crippen molar-refractivity contribution in [3.8, 4) is 0 Å². The van der Waals surface area contributed by atoms with E-state index < -0.39 is 0 Å². The zero-order valence-corrected chi connectivity index (χ0v) is 10.9. The Hall–Kier alpha value is -1.16. The van der Waals surface area contributed by atoms with Crippen molar-refractivity contribution >= 4 is 5.82 Å². The average Bonchev–Trinajstić information content (AvgIpc) is 2.76. The van der Waals surface area contributed by atoms with E-state index in [9.17, 15) is 0 Å². The van der Waals surface area contributed by atoms with Gasteiger partial charge in [0.1, 0.15) is 11.6 Å². The number of nitrogens with one attached hydrogen (secondary N) is 1. The number of hydrogen-bond acceptors (Lipinski definition) is 4. The maximum Gasteiger partial charge on any atom is 0.129 e. The summed E-state index contributed by atoms with van der Waals surface area (Å²) in [6.07, 6.45) is 3.93. The molecular formula is C13H22N4. The van der Waals surface area contributed by atoms with E-state index in [1.807, 2.05) is 19.9 Å². The first-order chi connectivity index (χ1) is 8.24. The number of rotatable bonds is 5. The van der Waals surface area contributed by atoms with Crippen LogP contribution in [0, 0.1) is 13.8 Å². The van der Waals surface area contributed by atoms with Crippen molar-refractivity contribution in [1.29, 1.82) is 0 Å². The Morgan fingerprint density at radius 1 is 1.24 bits per heavy atom. The summed E-state index contributed by atoms with van der Waals surface area (Å²) in [5, 5.41) is 3.37. The number of anilines is 1. The number of aromatic nitrogens is 2. The Kier molecular flexibility index (Phi) is 4.31. The van der Waals surface area contributed by atoms with Crippen molar-refractivity contribution in [2.75, 3.05) is 31.5 Å². The van der Waals surface area contributed by atoms with Gasteiger partial charge in [0.25, 0.3) is 0 Å². The Bertz CT molecular complexity index is 338. The van der Waals surface area contributed by atoms with E-state index in [4.69, 9.17) is 0 Å². The summed E-state index contributed by atoms with van der Waals surface area (Å²) in [5.41, 5.74) is 1.03. The highest BCUT2D eigenvalue weighted by molar-refractivity contribution is 5.35. The van der Waals surface area contributed by atoms with E-state index in [-0.39, 0.29) is 0 Å². The summed E-state index contributed by atoms with van der Waals surface area (Å²) >= 11 is 0. The molecule has 2 heterocycles. The molecule has 0 saturated carbocycles. The van der Waals surface area contributed by atoms with Gasteiger partial charge in [-0.05, 0) is 52.7 Å². The topological polar surface area (TPSA) is 41.0 Å². The van der Waals surface area contributed by atoms with Gasteiger partial charge in [0.2, 0.25) is 0 Å². The highest BCUT2D eigenvalue weighted by atomic mass is 15.1. The van der Waals surface area contributed by atoms with Crippen LogP contribution in [0.5, 0.6) is 0 Å². The average molecular weight is 234 g/mol. The van der Waals surface area contributed by atoms with Crippen LogP contribution >= 0.6 is 0 Å². The predicted molar refractivity (Wildman–Crippen MR) is 70.3 cm³/mol. The normalized spacial score (nSPS) is 16.4. The molecule has 0 aromatic carbocycles. The molecule has 1 fully saturated rings. The van der Waals surface area contributed by atoms with E-state index in [2.05, 4.69) is 20.2 Å². The van der Waals surface area contributed by atoms with E-state index in [0.29, 0.717) is 0 Å². The second-order valence-electron chi connectivity index (χ2n) is 4.77. The lowest BCUT2D eigenvalue weighted by Crippen LogP contribution is -2.22. The summed E-state index contributed by atoms with van der Waals surface area (Å²) < 4.78 is 0. The quantitative estimate of drug-likeness (QED) is 0.791. The van der Waals surface area contributed by atoms with Gasteiger partial charge < -0.3 is 10.2 Å². The molecule has 0 atom stereocenters. The third-order valence-electron chi connectivity index (χ3n) is 3.12. The molecule has 94 valence electrons. The van der Waals surface area contributed by atoms with Gasteiger partial charge in [-0.2, -0.15) is 0 Å². The van der Waals surface area contributed by atoms with E-state index in [1.165, 1.54) is 38.9 Å². The van der Waals surface area contributed by atoms with Crippen LogP contribution in [0.3, 0.4) is 0 Å². The van der Waals surface area contributed by atoms with Gasteiger partial charge in [0, 0.05) is 18.3 Å². The molecule has 0 bridgehead atoms. The lowest BCUT2D eigenvalue weighted by molar-refractivity contribution is 0.337. The highest BCUT2D eigenvalue weighted by Gasteiger charge is 2.10. The molecule has 0 amide bonds. The third kappa shape index (κ3) is 3.97. The van der Waals surface area contributed by atoms with Crippen molar-refractivity contribution in [3.05, 3.63) is 17.6 Å². The second kappa shape index (κ2) is 5.96. The van der Waals surface area contributed by atoms with Gasteiger partial charge in [-0.25, -0.2) is 9.97 Å². The SMILES string of the molecule is Cc1cc(NCCCN2CCCC2)nc(C)n1. The largest absolute Gasteiger partial charge is 0.370 e. The molecule has 1 aliphatic rings. The smallest absolute Gasteiger partial charge is 0.129 e. The second-order valence-corrected chi connectivity index (χ2v) is 4.77. The zero-order chi connectivity index (χ0) is 12.1. The first-order valence-corrected chi connectivity index (χ1v) is 6.52. The summed E-state index contributed by atoms with van der Waals surface area (Å²) in [6, 6.07) is 2.00. The fourth-order valence-corrected chi connectivity index (χ4v) is 2.33. The molecule has 2 rings (SSSR count). The molecule has 1 N–H and O–H groups in total. The van der Waals surface area contributed by atoms with Crippen molar-refractivity contribution in [1.82, 2.24) is 14.9 Å². The summed E-state index contributed by atoms with van der Waals surface area (Å²) in [5.74, 6) is 1.79. The van der Waals surface area contributed by atoms with Crippen molar-refractivity contribution in [3.63, 3.8) is 0 Å². The van der Waals surface area contributed by atoms with Gasteiger partial charge in [0.15, 0.2) is 0 Å². The van der Waals surface area contributed by atoms with Crippen LogP contribution in [-0.4, -0.2) is 41.0 Å². The summed E-state index contributed by atoms with van der Waals surface area (Å²) in [6.45, 7) is 8.70. The Balaban J connectivity index is 1.70. The van der Waals surface area contributed by atoms with Crippen LogP contribution in [0.25, 0.3) is 0 Å². The van der Waals surface area contributed by atoms with Crippen LogP contribution in [0.15, 0.2) is 6.07 Å². The molecule has 1 saturated heterocycles. The van der Waals surface area contributed by atoms with Crippen LogP contribution in [0.1, 0.15) is 30.8 Å². The molecule has 4 heteroatoms. The van der Waals surface area contributed by atoms with Crippen LogP contribution in [-0.2, 0) is 0 Å². The van der Waals surface area contributed by atoms with E-state index in [0.717, 1.165) is 23.9 Å². The van der Waals surface area contributed by atoms with E-state index >= 15 is 0 Å². The van der Waals surface area contributed by atoms with Crippen LogP contribution in [0.4, 0.5) is 5.82 Å². The fraction of sp³-hybridized carbons (Fsp3) is 0.692.